The summed E-state index contributed by atoms with van der Waals surface area (Å²) in [5.74, 6) is 3.30. The van der Waals surface area contributed by atoms with Crippen LogP contribution in [0.25, 0.3) is 0 Å². The molecule has 28 heavy (non-hydrogen) atoms. The van der Waals surface area contributed by atoms with Gasteiger partial charge in [-0.05, 0) is 112 Å². The first kappa shape index (κ1) is 18.2. The SMILES string of the molecule is c1ccc([Si](CCN2CCCCC2)(N2CCCCC2)C23CC4C[C@H]2[C@@H]3C4)cc1. The Labute approximate surface area is 172 Å². The second-order valence-corrected chi connectivity index (χ2v) is 15.1. The molecule has 4 saturated carbocycles. The largest absolute Gasteiger partial charge is 0.319 e. The third-order valence-corrected chi connectivity index (χ3v) is 15.9. The lowest BCUT2D eigenvalue weighted by molar-refractivity contribution is 0.235. The molecule has 2 heterocycles. The summed E-state index contributed by atoms with van der Waals surface area (Å²) in [6.07, 6.45) is 13.4. The van der Waals surface area contributed by atoms with E-state index < -0.39 is 8.24 Å². The Morgan fingerprint density at radius 2 is 1.46 bits per heavy atom. The molecule has 6 aliphatic rings. The maximum absolute atomic E-state index is 3.16. The maximum atomic E-state index is 3.16. The van der Waals surface area contributed by atoms with E-state index >= 15 is 0 Å². The van der Waals surface area contributed by atoms with Crippen LogP contribution in [-0.4, -0.2) is 50.4 Å². The smallest absolute Gasteiger partial charge is 0.168 e. The van der Waals surface area contributed by atoms with E-state index in [1.54, 1.807) is 19.3 Å². The Hall–Kier alpha value is -0.643. The average Bonchev–Trinajstić information content (AvgIpc) is 3.20. The number of nitrogens with zero attached hydrogens (tertiary/aromatic N) is 2. The predicted molar refractivity (Wildman–Crippen MR) is 119 cm³/mol. The molecule has 3 atom stereocenters. The van der Waals surface area contributed by atoms with E-state index in [9.17, 15) is 0 Å². The van der Waals surface area contributed by atoms with Crippen molar-refractivity contribution in [3.63, 3.8) is 0 Å². The second kappa shape index (κ2) is 6.96. The molecule has 3 heteroatoms. The van der Waals surface area contributed by atoms with Crippen molar-refractivity contribution in [1.82, 2.24) is 9.47 Å². The van der Waals surface area contributed by atoms with Gasteiger partial charge in [0.1, 0.15) is 0 Å². The van der Waals surface area contributed by atoms with E-state index in [0.29, 0.717) is 0 Å². The Kier molecular flexibility index (Phi) is 4.51. The number of piperidine rings is 2. The highest BCUT2D eigenvalue weighted by atomic mass is 28.3. The van der Waals surface area contributed by atoms with Gasteiger partial charge in [0, 0.05) is 0 Å². The van der Waals surface area contributed by atoms with Gasteiger partial charge < -0.3 is 9.47 Å². The Balaban J connectivity index is 1.40. The van der Waals surface area contributed by atoms with Crippen LogP contribution in [0.15, 0.2) is 30.3 Å². The van der Waals surface area contributed by atoms with Gasteiger partial charge in [-0.1, -0.05) is 43.2 Å². The summed E-state index contributed by atoms with van der Waals surface area (Å²) in [6.45, 7) is 6.90. The number of benzene rings is 1. The van der Waals surface area contributed by atoms with Crippen molar-refractivity contribution in [1.29, 1.82) is 0 Å². The minimum atomic E-state index is -1.70. The first-order chi connectivity index (χ1) is 13.8. The molecule has 2 saturated heterocycles. The van der Waals surface area contributed by atoms with Crippen LogP contribution in [-0.2, 0) is 0 Å². The molecular formula is C25H38N2Si. The minimum Gasteiger partial charge on any atom is -0.319 e. The molecule has 4 bridgehead atoms. The number of likely N-dealkylation sites (tertiary alicyclic amines) is 1. The summed E-state index contributed by atoms with van der Waals surface area (Å²) in [6, 6.07) is 13.6. The molecule has 0 spiro atoms. The molecular weight excluding hydrogens is 356 g/mol. The van der Waals surface area contributed by atoms with E-state index in [0.717, 1.165) is 22.8 Å². The van der Waals surface area contributed by atoms with Crippen LogP contribution < -0.4 is 5.19 Å². The van der Waals surface area contributed by atoms with Gasteiger partial charge in [-0.2, -0.15) is 0 Å². The first-order valence-electron chi connectivity index (χ1n) is 12.4. The van der Waals surface area contributed by atoms with Crippen LogP contribution in [0.5, 0.6) is 0 Å². The molecule has 1 aromatic rings. The van der Waals surface area contributed by atoms with E-state index in [1.807, 2.05) is 5.19 Å². The summed E-state index contributed by atoms with van der Waals surface area (Å²) >= 11 is 0. The van der Waals surface area contributed by atoms with Crippen LogP contribution >= 0.6 is 0 Å². The van der Waals surface area contributed by atoms with Gasteiger partial charge in [0.25, 0.3) is 0 Å². The van der Waals surface area contributed by atoms with Crippen LogP contribution in [0.1, 0.15) is 57.8 Å². The van der Waals surface area contributed by atoms with E-state index in [-0.39, 0.29) is 0 Å². The van der Waals surface area contributed by atoms with Crippen molar-refractivity contribution in [2.45, 2.75) is 68.9 Å². The van der Waals surface area contributed by atoms with Crippen LogP contribution in [0.2, 0.25) is 11.1 Å². The van der Waals surface area contributed by atoms with Crippen LogP contribution in [0.4, 0.5) is 0 Å². The van der Waals surface area contributed by atoms with E-state index in [4.69, 9.17) is 0 Å². The molecule has 1 aromatic carbocycles. The van der Waals surface area contributed by atoms with E-state index in [1.165, 1.54) is 77.3 Å². The summed E-state index contributed by atoms with van der Waals surface area (Å²) in [7, 11) is -1.70. The number of hydrogen-bond acceptors (Lipinski definition) is 2. The van der Waals surface area contributed by atoms with E-state index in [2.05, 4.69) is 39.8 Å². The van der Waals surface area contributed by atoms with Gasteiger partial charge in [0.15, 0.2) is 8.24 Å². The third-order valence-electron chi connectivity index (χ3n) is 9.66. The molecule has 2 aliphatic heterocycles. The summed E-state index contributed by atoms with van der Waals surface area (Å²) in [5, 5.41) is 2.57. The van der Waals surface area contributed by atoms with Crippen molar-refractivity contribution in [3.8, 4) is 0 Å². The quantitative estimate of drug-likeness (QED) is 0.650. The maximum Gasteiger partial charge on any atom is 0.168 e. The third kappa shape index (κ3) is 2.51. The lowest BCUT2D eigenvalue weighted by Gasteiger charge is -2.50. The second-order valence-electron chi connectivity index (χ2n) is 10.7. The van der Waals surface area contributed by atoms with Crippen LogP contribution in [0.3, 0.4) is 0 Å². The molecule has 2 nitrogen and oxygen atoms in total. The normalized spacial score (nSPS) is 39.8. The topological polar surface area (TPSA) is 6.48 Å². The Bertz CT molecular complexity index is 682. The fourth-order valence-electron chi connectivity index (χ4n) is 8.67. The van der Waals surface area contributed by atoms with Crippen molar-refractivity contribution >= 4 is 13.4 Å². The number of hydrogen-bond donors (Lipinski definition) is 0. The van der Waals surface area contributed by atoms with Gasteiger partial charge in [0.2, 0.25) is 0 Å². The van der Waals surface area contributed by atoms with Crippen LogP contribution in [0, 0.1) is 17.8 Å². The molecule has 1 unspecified atom stereocenters. The molecule has 0 radical (unpaired) electrons. The lowest BCUT2D eigenvalue weighted by atomic mass is 10.1. The highest BCUT2D eigenvalue weighted by Crippen LogP contribution is 2.87. The van der Waals surface area contributed by atoms with Crippen molar-refractivity contribution in [3.05, 3.63) is 30.3 Å². The van der Waals surface area contributed by atoms with Gasteiger partial charge in [-0.3, -0.25) is 0 Å². The molecule has 4 aliphatic carbocycles. The summed E-state index contributed by atoms with van der Waals surface area (Å²) in [5.41, 5.74) is 0. The highest BCUT2D eigenvalue weighted by molar-refractivity contribution is 6.93. The molecule has 152 valence electrons. The Morgan fingerprint density at radius 1 is 0.821 bits per heavy atom. The zero-order chi connectivity index (χ0) is 18.6. The first-order valence-corrected chi connectivity index (χ1v) is 14.5. The van der Waals surface area contributed by atoms with Gasteiger partial charge in [-0.25, -0.2) is 0 Å². The number of rotatable bonds is 6. The predicted octanol–water partition coefficient (Wildman–Crippen LogP) is 4.61. The molecule has 0 aromatic heterocycles. The van der Waals surface area contributed by atoms with Crippen molar-refractivity contribution < 1.29 is 0 Å². The van der Waals surface area contributed by atoms with Crippen molar-refractivity contribution in [2.75, 3.05) is 32.7 Å². The Morgan fingerprint density at radius 3 is 2.07 bits per heavy atom. The summed E-state index contributed by atoms with van der Waals surface area (Å²) in [4.78, 5) is 2.84. The fraction of sp³-hybridized carbons (Fsp3) is 0.760. The summed E-state index contributed by atoms with van der Waals surface area (Å²) < 4.78 is 3.16. The molecule has 6 fully saturated rings. The zero-order valence-electron chi connectivity index (χ0n) is 17.6. The van der Waals surface area contributed by atoms with Crippen molar-refractivity contribution in [2.24, 2.45) is 17.8 Å². The fourth-order valence-corrected chi connectivity index (χ4v) is 16.1. The minimum absolute atomic E-state index is 0.756. The highest BCUT2D eigenvalue weighted by Gasteiger charge is 2.82. The monoisotopic (exact) mass is 394 g/mol. The van der Waals surface area contributed by atoms with Gasteiger partial charge in [-0.15, -0.1) is 0 Å². The van der Waals surface area contributed by atoms with Gasteiger partial charge in [0.05, 0.1) is 0 Å². The van der Waals surface area contributed by atoms with Gasteiger partial charge >= 0.3 is 0 Å². The zero-order valence-corrected chi connectivity index (χ0v) is 18.6. The lowest BCUT2D eigenvalue weighted by Crippen LogP contribution is -2.68. The molecule has 0 N–H and O–H groups in total. The standard InChI is InChI=1S/C25H38N2Si/c1-4-10-22(11-5-1)28(27-14-8-3-9-15-27,17-16-26-12-6-2-7-13-26)25-20-21-18-23(25)24(25)19-21/h1,4-5,10-11,21,23-24H,2-3,6-9,12-20H2/t21?,23-,24-,25?,28?/m0/s1. The molecule has 7 rings (SSSR count). The molecule has 0 amide bonds. The average molecular weight is 395 g/mol.